The number of anilines is 1. The molecule has 0 N–H and O–H groups in total. The summed E-state index contributed by atoms with van der Waals surface area (Å²) in [6, 6.07) is 2.08. The van der Waals surface area contributed by atoms with Gasteiger partial charge in [-0.25, -0.2) is 9.97 Å². The summed E-state index contributed by atoms with van der Waals surface area (Å²) in [5.41, 5.74) is 3.28. The summed E-state index contributed by atoms with van der Waals surface area (Å²) in [5.74, 6) is 3.49. The average molecular weight is 341 g/mol. The van der Waals surface area contributed by atoms with E-state index in [0.29, 0.717) is 18.4 Å². The Labute approximate surface area is 147 Å². The summed E-state index contributed by atoms with van der Waals surface area (Å²) < 4.78 is 11.1. The number of likely N-dealkylation sites (tertiary alicyclic amines) is 1. The van der Waals surface area contributed by atoms with Gasteiger partial charge >= 0.3 is 0 Å². The highest BCUT2D eigenvalue weighted by Crippen LogP contribution is 2.34. The molecule has 0 radical (unpaired) electrons. The number of rotatable bonds is 3. The van der Waals surface area contributed by atoms with Crippen molar-refractivity contribution in [3.63, 3.8) is 0 Å². The van der Waals surface area contributed by atoms with Gasteiger partial charge < -0.3 is 14.2 Å². The van der Waals surface area contributed by atoms with Crippen molar-refractivity contribution in [3.05, 3.63) is 35.1 Å². The van der Waals surface area contributed by atoms with E-state index in [0.717, 1.165) is 68.7 Å². The lowest BCUT2D eigenvalue weighted by Gasteiger charge is -2.22. The summed E-state index contributed by atoms with van der Waals surface area (Å²) in [7, 11) is 0. The van der Waals surface area contributed by atoms with Crippen molar-refractivity contribution in [2.24, 2.45) is 11.8 Å². The molecule has 2 unspecified atom stereocenters. The third-order valence-electron chi connectivity index (χ3n) is 5.72. The van der Waals surface area contributed by atoms with Gasteiger partial charge in [-0.2, -0.15) is 0 Å². The van der Waals surface area contributed by atoms with Gasteiger partial charge in [0.2, 0.25) is 0 Å². The average Bonchev–Trinajstić information content (AvgIpc) is 3.29. The lowest BCUT2D eigenvalue weighted by Crippen LogP contribution is -2.29. The molecule has 2 atom stereocenters. The van der Waals surface area contributed by atoms with Crippen LogP contribution in [-0.4, -0.2) is 52.8 Å². The first-order valence-corrected chi connectivity index (χ1v) is 9.06. The van der Waals surface area contributed by atoms with Crippen molar-refractivity contribution in [1.82, 2.24) is 20.0 Å². The van der Waals surface area contributed by atoms with Crippen LogP contribution in [0.25, 0.3) is 0 Å². The van der Waals surface area contributed by atoms with Gasteiger partial charge in [-0.15, -0.1) is 0 Å². The van der Waals surface area contributed by atoms with Crippen molar-refractivity contribution in [2.45, 2.75) is 26.5 Å². The summed E-state index contributed by atoms with van der Waals surface area (Å²) >= 11 is 0. The van der Waals surface area contributed by atoms with Crippen molar-refractivity contribution < 1.29 is 9.26 Å². The Morgan fingerprint density at radius 2 is 2.00 bits per heavy atom. The maximum absolute atomic E-state index is 5.57. The monoisotopic (exact) mass is 341 g/mol. The highest BCUT2D eigenvalue weighted by molar-refractivity contribution is 5.40. The zero-order valence-corrected chi connectivity index (χ0v) is 14.5. The summed E-state index contributed by atoms with van der Waals surface area (Å²) in [6.07, 6.45) is 2.52. The van der Waals surface area contributed by atoms with E-state index in [9.17, 15) is 0 Å². The predicted molar refractivity (Wildman–Crippen MR) is 91.1 cm³/mol. The Hall–Kier alpha value is -1.99. The normalized spacial score (nSPS) is 26.0. The third-order valence-corrected chi connectivity index (χ3v) is 5.72. The van der Waals surface area contributed by atoms with E-state index in [1.54, 1.807) is 6.33 Å². The third kappa shape index (κ3) is 2.81. The summed E-state index contributed by atoms with van der Waals surface area (Å²) in [5, 5.41) is 4.30. The zero-order chi connectivity index (χ0) is 16.8. The van der Waals surface area contributed by atoms with Gasteiger partial charge in [0.1, 0.15) is 23.6 Å². The van der Waals surface area contributed by atoms with Crippen LogP contribution in [0.1, 0.15) is 22.7 Å². The topological polar surface area (TPSA) is 67.5 Å². The summed E-state index contributed by atoms with van der Waals surface area (Å²) in [4.78, 5) is 13.6. The molecule has 5 rings (SSSR count). The summed E-state index contributed by atoms with van der Waals surface area (Å²) in [6.45, 7) is 8.69. The minimum atomic E-state index is 0.649. The predicted octanol–water partition coefficient (Wildman–Crippen LogP) is 1.41. The van der Waals surface area contributed by atoms with Crippen LogP contribution in [-0.2, 0) is 24.3 Å². The SMILES string of the molecule is Cc1cc(N2CC3CN(Cc4noc5c4COCC5)CC3C2)ncn1. The van der Waals surface area contributed by atoms with Gasteiger partial charge in [0.25, 0.3) is 0 Å². The molecule has 0 aromatic carbocycles. The Morgan fingerprint density at radius 1 is 1.16 bits per heavy atom. The van der Waals surface area contributed by atoms with Crippen LogP contribution < -0.4 is 4.90 Å². The molecule has 2 aromatic rings. The Balaban J connectivity index is 1.23. The number of nitrogens with zero attached hydrogens (tertiary/aromatic N) is 5. The van der Waals surface area contributed by atoms with Crippen LogP contribution in [0.15, 0.2) is 16.9 Å². The molecule has 0 aliphatic carbocycles. The highest BCUT2D eigenvalue weighted by Gasteiger charge is 2.40. The minimum Gasteiger partial charge on any atom is -0.376 e. The van der Waals surface area contributed by atoms with Gasteiger partial charge in [0, 0.05) is 56.5 Å². The highest BCUT2D eigenvalue weighted by atomic mass is 16.5. The van der Waals surface area contributed by atoms with E-state index in [4.69, 9.17) is 9.26 Å². The number of aromatic nitrogens is 3. The van der Waals surface area contributed by atoms with Crippen LogP contribution in [0, 0.1) is 18.8 Å². The second kappa shape index (κ2) is 6.07. The zero-order valence-electron chi connectivity index (χ0n) is 14.5. The Bertz CT molecular complexity index is 763. The second-order valence-corrected chi connectivity index (χ2v) is 7.47. The van der Waals surface area contributed by atoms with E-state index >= 15 is 0 Å². The fraction of sp³-hybridized carbons (Fsp3) is 0.611. The number of ether oxygens (including phenoxy) is 1. The van der Waals surface area contributed by atoms with Gasteiger partial charge in [0.05, 0.1) is 13.2 Å². The van der Waals surface area contributed by atoms with Gasteiger partial charge in [-0.1, -0.05) is 5.16 Å². The quantitative estimate of drug-likeness (QED) is 0.836. The lowest BCUT2D eigenvalue weighted by atomic mass is 10.0. The second-order valence-electron chi connectivity index (χ2n) is 7.47. The van der Waals surface area contributed by atoms with E-state index in [2.05, 4.69) is 31.0 Å². The maximum atomic E-state index is 5.57. The molecule has 2 aromatic heterocycles. The van der Waals surface area contributed by atoms with Crippen LogP contribution >= 0.6 is 0 Å². The fourth-order valence-corrected chi connectivity index (χ4v) is 4.44. The fourth-order valence-electron chi connectivity index (χ4n) is 4.44. The molecule has 0 spiro atoms. The molecule has 3 aliphatic rings. The minimum absolute atomic E-state index is 0.649. The number of hydrogen-bond donors (Lipinski definition) is 0. The number of hydrogen-bond acceptors (Lipinski definition) is 7. The van der Waals surface area contributed by atoms with Crippen LogP contribution in [0.3, 0.4) is 0 Å². The molecule has 7 heteroatoms. The van der Waals surface area contributed by atoms with Crippen molar-refractivity contribution >= 4 is 5.82 Å². The number of aryl methyl sites for hydroxylation is 1. The molecule has 2 fully saturated rings. The van der Waals surface area contributed by atoms with E-state index in [1.165, 1.54) is 5.56 Å². The molecule has 7 nitrogen and oxygen atoms in total. The molecule has 3 aliphatic heterocycles. The van der Waals surface area contributed by atoms with Crippen molar-refractivity contribution in [2.75, 3.05) is 37.7 Å². The van der Waals surface area contributed by atoms with Crippen LogP contribution in [0.5, 0.6) is 0 Å². The number of fused-ring (bicyclic) bond motifs is 2. The largest absolute Gasteiger partial charge is 0.376 e. The molecule has 25 heavy (non-hydrogen) atoms. The van der Waals surface area contributed by atoms with Crippen molar-refractivity contribution in [1.29, 1.82) is 0 Å². The van der Waals surface area contributed by atoms with Crippen molar-refractivity contribution in [3.8, 4) is 0 Å². The first-order chi connectivity index (χ1) is 12.3. The van der Waals surface area contributed by atoms with Gasteiger partial charge in [-0.05, 0) is 18.8 Å². The first kappa shape index (κ1) is 15.3. The van der Waals surface area contributed by atoms with E-state index < -0.39 is 0 Å². The Kier molecular flexibility index (Phi) is 3.71. The smallest absolute Gasteiger partial charge is 0.144 e. The molecule has 0 bridgehead atoms. The van der Waals surface area contributed by atoms with E-state index in [1.807, 2.05) is 6.92 Å². The molecule has 5 heterocycles. The lowest BCUT2D eigenvalue weighted by molar-refractivity contribution is 0.102. The molecule has 0 amide bonds. The van der Waals surface area contributed by atoms with Crippen LogP contribution in [0.2, 0.25) is 0 Å². The molecular weight excluding hydrogens is 318 g/mol. The molecular formula is C18H23N5O2. The first-order valence-electron chi connectivity index (χ1n) is 9.06. The molecule has 2 saturated heterocycles. The Morgan fingerprint density at radius 3 is 2.80 bits per heavy atom. The van der Waals surface area contributed by atoms with Gasteiger partial charge in [-0.3, -0.25) is 4.90 Å². The molecule has 132 valence electrons. The van der Waals surface area contributed by atoms with E-state index in [-0.39, 0.29) is 0 Å². The standard InChI is InChI=1S/C18H23N5O2/c1-12-4-18(20-11-19-12)23-7-13-5-22(6-14(13)8-23)9-16-15-10-24-3-2-17(15)25-21-16/h4,11,13-14H,2-3,5-10H2,1H3. The maximum Gasteiger partial charge on any atom is 0.144 e. The van der Waals surface area contributed by atoms with Gasteiger partial charge in [0.15, 0.2) is 0 Å². The van der Waals surface area contributed by atoms with Crippen LogP contribution in [0.4, 0.5) is 5.82 Å². The molecule has 0 saturated carbocycles.